The fraction of sp³-hybridized carbons (Fsp3) is 0.529. The number of hydrogen-bond acceptors (Lipinski definition) is 5. The first kappa shape index (κ1) is 17.0. The van der Waals surface area contributed by atoms with Crippen molar-refractivity contribution in [2.24, 2.45) is 13.0 Å². The summed E-state index contributed by atoms with van der Waals surface area (Å²) in [4.78, 5) is 16.5. The van der Waals surface area contributed by atoms with E-state index in [1.807, 2.05) is 29.8 Å². The number of carbonyl (C=O) groups excluding carboxylic acids is 1. The molecular formula is C17H23N5OS. The lowest BCUT2D eigenvalue weighted by atomic mass is 9.89. The fourth-order valence-corrected chi connectivity index (χ4v) is 3.77. The largest absolute Gasteiger partial charge is 0.349 e. The van der Waals surface area contributed by atoms with E-state index in [0.717, 1.165) is 48.1 Å². The van der Waals surface area contributed by atoms with E-state index in [4.69, 9.17) is 0 Å². The van der Waals surface area contributed by atoms with E-state index in [0.29, 0.717) is 6.54 Å². The van der Waals surface area contributed by atoms with Crippen LogP contribution in [0.15, 0.2) is 29.6 Å². The lowest BCUT2D eigenvalue weighted by Crippen LogP contribution is -2.32. The molecule has 2 aromatic rings. The van der Waals surface area contributed by atoms with E-state index in [9.17, 15) is 4.79 Å². The van der Waals surface area contributed by atoms with Crippen LogP contribution in [0, 0.1) is 5.92 Å². The van der Waals surface area contributed by atoms with Crippen LogP contribution in [0.1, 0.15) is 43.6 Å². The Morgan fingerprint density at radius 1 is 1.29 bits per heavy atom. The minimum absolute atomic E-state index is 0.153. The van der Waals surface area contributed by atoms with E-state index < -0.39 is 0 Å². The van der Waals surface area contributed by atoms with Crippen molar-refractivity contribution in [2.45, 2.75) is 49.6 Å². The fourth-order valence-electron chi connectivity index (χ4n) is 2.92. The summed E-state index contributed by atoms with van der Waals surface area (Å²) in [5.41, 5.74) is 1.01. The van der Waals surface area contributed by atoms with Crippen molar-refractivity contribution < 1.29 is 4.79 Å². The number of pyridine rings is 1. The van der Waals surface area contributed by atoms with Gasteiger partial charge in [-0.3, -0.25) is 9.78 Å². The summed E-state index contributed by atoms with van der Waals surface area (Å²) in [5, 5.41) is 12.3. The van der Waals surface area contributed by atoms with E-state index in [2.05, 4.69) is 20.5 Å². The predicted molar refractivity (Wildman–Crippen MR) is 93.2 cm³/mol. The molecule has 1 fully saturated rings. The zero-order valence-electron chi connectivity index (χ0n) is 13.9. The quantitative estimate of drug-likeness (QED) is 0.815. The second-order valence-electron chi connectivity index (χ2n) is 6.12. The Balaban J connectivity index is 1.51. The maximum absolute atomic E-state index is 12.2. The van der Waals surface area contributed by atoms with Gasteiger partial charge in [-0.05, 0) is 25.0 Å². The predicted octanol–water partition coefficient (Wildman–Crippen LogP) is 2.70. The van der Waals surface area contributed by atoms with Crippen molar-refractivity contribution in [3.05, 3.63) is 35.9 Å². The second kappa shape index (κ2) is 8.28. The van der Waals surface area contributed by atoms with Crippen molar-refractivity contribution in [3.63, 3.8) is 0 Å². The van der Waals surface area contributed by atoms with Gasteiger partial charge in [0.1, 0.15) is 0 Å². The Morgan fingerprint density at radius 3 is 2.88 bits per heavy atom. The van der Waals surface area contributed by atoms with Gasteiger partial charge < -0.3 is 9.88 Å². The van der Waals surface area contributed by atoms with Crippen LogP contribution in [-0.2, 0) is 24.1 Å². The van der Waals surface area contributed by atoms with Crippen LogP contribution in [0.3, 0.4) is 0 Å². The van der Waals surface area contributed by atoms with Crippen molar-refractivity contribution in [3.8, 4) is 0 Å². The summed E-state index contributed by atoms with van der Waals surface area (Å²) >= 11 is 1.60. The summed E-state index contributed by atoms with van der Waals surface area (Å²) < 4.78 is 1.94. The second-order valence-corrected chi connectivity index (χ2v) is 7.06. The molecule has 1 N–H and O–H groups in total. The Bertz CT molecular complexity index is 667. The molecule has 0 radical (unpaired) electrons. The van der Waals surface area contributed by atoms with Crippen LogP contribution in [0.2, 0.25) is 0 Å². The zero-order chi connectivity index (χ0) is 16.8. The van der Waals surface area contributed by atoms with Crippen molar-refractivity contribution in [1.29, 1.82) is 0 Å². The highest BCUT2D eigenvalue weighted by Gasteiger charge is 2.21. The molecule has 0 saturated heterocycles. The van der Waals surface area contributed by atoms with Crippen molar-refractivity contribution in [2.75, 3.05) is 0 Å². The molecular weight excluding hydrogens is 322 g/mol. The van der Waals surface area contributed by atoms with E-state index >= 15 is 0 Å². The number of thioether (sulfide) groups is 1. The molecule has 0 unspecified atom stereocenters. The Morgan fingerprint density at radius 2 is 2.12 bits per heavy atom. The molecule has 0 bridgehead atoms. The highest BCUT2D eigenvalue weighted by molar-refractivity contribution is 7.98. The topological polar surface area (TPSA) is 72.7 Å². The van der Waals surface area contributed by atoms with E-state index in [1.165, 1.54) is 6.42 Å². The number of aromatic nitrogens is 4. The van der Waals surface area contributed by atoms with E-state index in [1.54, 1.807) is 18.0 Å². The highest BCUT2D eigenvalue weighted by atomic mass is 32.2. The molecule has 1 aliphatic rings. The van der Waals surface area contributed by atoms with Crippen LogP contribution >= 0.6 is 11.8 Å². The first-order chi connectivity index (χ1) is 11.7. The molecule has 0 spiro atoms. The summed E-state index contributed by atoms with van der Waals surface area (Å²) in [6.07, 6.45) is 7.39. The molecule has 0 aromatic carbocycles. The summed E-state index contributed by atoms with van der Waals surface area (Å²) in [6.45, 7) is 0.434. The number of nitrogens with one attached hydrogen (secondary N) is 1. The Hall–Kier alpha value is -1.89. The van der Waals surface area contributed by atoms with Crippen LogP contribution in [0.5, 0.6) is 0 Å². The summed E-state index contributed by atoms with van der Waals surface area (Å²) in [6, 6.07) is 5.88. The molecule has 1 saturated carbocycles. The molecule has 1 aliphatic carbocycles. The molecule has 128 valence electrons. The van der Waals surface area contributed by atoms with Crippen molar-refractivity contribution >= 4 is 17.7 Å². The molecule has 6 nitrogen and oxygen atoms in total. The monoisotopic (exact) mass is 345 g/mol. The van der Waals surface area contributed by atoms with Crippen LogP contribution in [0.25, 0.3) is 0 Å². The average Bonchev–Trinajstić information content (AvgIpc) is 2.99. The number of hydrogen-bond donors (Lipinski definition) is 1. The lowest BCUT2D eigenvalue weighted by molar-refractivity contribution is -0.126. The summed E-state index contributed by atoms with van der Waals surface area (Å²) in [5.74, 6) is 1.86. The third-order valence-corrected chi connectivity index (χ3v) is 5.45. The van der Waals surface area contributed by atoms with Gasteiger partial charge in [0.15, 0.2) is 11.0 Å². The molecule has 0 atom stereocenters. The summed E-state index contributed by atoms with van der Waals surface area (Å²) in [7, 11) is 1.93. The molecule has 24 heavy (non-hydrogen) atoms. The molecule has 3 rings (SSSR count). The van der Waals surface area contributed by atoms with Gasteiger partial charge in [0.05, 0.1) is 12.2 Å². The lowest BCUT2D eigenvalue weighted by Gasteiger charge is -2.20. The number of nitrogens with zero attached hydrogens (tertiary/aromatic N) is 4. The molecule has 0 aliphatic heterocycles. The standard InChI is InChI=1S/C17H23N5OS/c1-22-15(11-19-16(23)13-7-3-2-4-8-13)20-21-17(22)24-12-14-9-5-6-10-18-14/h5-6,9-10,13H,2-4,7-8,11-12H2,1H3,(H,19,23). The maximum Gasteiger partial charge on any atom is 0.223 e. The molecule has 7 heteroatoms. The average molecular weight is 345 g/mol. The number of amides is 1. The van der Waals surface area contributed by atoms with Gasteiger partial charge in [-0.15, -0.1) is 10.2 Å². The minimum Gasteiger partial charge on any atom is -0.349 e. The SMILES string of the molecule is Cn1c(CNC(=O)C2CCCCC2)nnc1SCc1ccccn1. The molecule has 2 aromatic heterocycles. The Kier molecular flexibility index (Phi) is 5.85. The highest BCUT2D eigenvalue weighted by Crippen LogP contribution is 2.24. The molecule has 1 amide bonds. The first-order valence-corrected chi connectivity index (χ1v) is 9.41. The van der Waals surface area contributed by atoms with Crippen LogP contribution in [-0.4, -0.2) is 25.7 Å². The number of carbonyl (C=O) groups is 1. The van der Waals surface area contributed by atoms with Gasteiger partial charge >= 0.3 is 0 Å². The number of rotatable bonds is 6. The smallest absolute Gasteiger partial charge is 0.223 e. The van der Waals surface area contributed by atoms with Gasteiger partial charge in [0, 0.05) is 24.9 Å². The Labute approximate surface area is 146 Å². The minimum atomic E-state index is 0.153. The van der Waals surface area contributed by atoms with Crippen molar-refractivity contribution in [1.82, 2.24) is 25.1 Å². The van der Waals surface area contributed by atoms with Gasteiger partial charge in [-0.2, -0.15) is 0 Å². The third kappa shape index (κ3) is 4.35. The third-order valence-electron chi connectivity index (χ3n) is 4.40. The van der Waals surface area contributed by atoms with Gasteiger partial charge in [-0.1, -0.05) is 37.1 Å². The van der Waals surface area contributed by atoms with E-state index in [-0.39, 0.29) is 11.8 Å². The first-order valence-electron chi connectivity index (χ1n) is 8.42. The van der Waals surface area contributed by atoms with Crippen LogP contribution < -0.4 is 5.32 Å². The van der Waals surface area contributed by atoms with Gasteiger partial charge in [0.2, 0.25) is 5.91 Å². The van der Waals surface area contributed by atoms with Crippen LogP contribution in [0.4, 0.5) is 0 Å². The normalized spacial score (nSPS) is 15.4. The zero-order valence-corrected chi connectivity index (χ0v) is 14.8. The van der Waals surface area contributed by atoms with Gasteiger partial charge in [0.25, 0.3) is 0 Å². The maximum atomic E-state index is 12.2. The van der Waals surface area contributed by atoms with Gasteiger partial charge in [-0.25, -0.2) is 0 Å². The molecule has 2 heterocycles.